The van der Waals surface area contributed by atoms with Crippen molar-refractivity contribution in [3.63, 3.8) is 0 Å². The van der Waals surface area contributed by atoms with E-state index in [2.05, 4.69) is 16.2 Å². The molecule has 2 aromatic carbocycles. The smallest absolute Gasteiger partial charge is 0.320 e. The van der Waals surface area contributed by atoms with Gasteiger partial charge in [0.05, 0.1) is 24.8 Å². The molecular weight excluding hydrogens is 432 g/mol. The second kappa shape index (κ2) is 10.9. The van der Waals surface area contributed by atoms with Gasteiger partial charge in [0.15, 0.2) is 0 Å². The fourth-order valence-electron chi connectivity index (χ4n) is 4.05. The lowest BCUT2D eigenvalue weighted by Gasteiger charge is -2.15. The molecule has 1 aromatic heterocycles. The monoisotopic (exact) mass is 460 g/mol. The molecule has 1 fully saturated rings. The van der Waals surface area contributed by atoms with Gasteiger partial charge < -0.3 is 14.0 Å². The van der Waals surface area contributed by atoms with Crippen molar-refractivity contribution in [2.75, 3.05) is 20.2 Å². The zero-order valence-electron chi connectivity index (χ0n) is 19.5. The van der Waals surface area contributed by atoms with Crippen LogP contribution in [-0.4, -0.2) is 47.3 Å². The van der Waals surface area contributed by atoms with Gasteiger partial charge in [-0.25, -0.2) is 0 Å². The zero-order valence-corrected chi connectivity index (χ0v) is 19.5. The van der Waals surface area contributed by atoms with E-state index in [0.29, 0.717) is 41.7 Å². The van der Waals surface area contributed by atoms with E-state index in [9.17, 15) is 10.1 Å². The van der Waals surface area contributed by atoms with Gasteiger partial charge >= 0.3 is 5.97 Å². The summed E-state index contributed by atoms with van der Waals surface area (Å²) in [6.07, 6.45) is 4.57. The second-order valence-corrected chi connectivity index (χ2v) is 8.44. The SMILES string of the molecule is CCOC(=O)CN(C)Cc1ccc(-c2noc(-c3ccc(OC4CCCC4)c(C#N)c3)n2)cc1. The number of benzene rings is 2. The molecule has 8 heteroatoms. The lowest BCUT2D eigenvalue weighted by atomic mass is 10.1. The van der Waals surface area contributed by atoms with Crippen LogP contribution in [0.5, 0.6) is 5.75 Å². The topological polar surface area (TPSA) is 101 Å². The highest BCUT2D eigenvalue weighted by molar-refractivity contribution is 5.71. The first-order valence-electron chi connectivity index (χ1n) is 11.5. The van der Waals surface area contributed by atoms with Crippen molar-refractivity contribution in [1.29, 1.82) is 5.26 Å². The first-order valence-corrected chi connectivity index (χ1v) is 11.5. The summed E-state index contributed by atoms with van der Waals surface area (Å²) in [6, 6.07) is 15.4. The number of esters is 1. The molecule has 4 rings (SSSR count). The van der Waals surface area contributed by atoms with E-state index in [4.69, 9.17) is 14.0 Å². The van der Waals surface area contributed by atoms with Crippen molar-refractivity contribution in [2.45, 2.75) is 45.3 Å². The Bertz CT molecular complexity index is 1160. The number of hydrogen-bond donors (Lipinski definition) is 0. The average Bonchev–Trinajstić information content (AvgIpc) is 3.52. The Kier molecular flexibility index (Phi) is 7.55. The Hall–Kier alpha value is -3.70. The maximum absolute atomic E-state index is 11.6. The van der Waals surface area contributed by atoms with Crippen molar-refractivity contribution < 1.29 is 18.8 Å². The molecule has 0 saturated heterocycles. The molecular formula is C26H28N4O4. The maximum Gasteiger partial charge on any atom is 0.320 e. The van der Waals surface area contributed by atoms with E-state index < -0.39 is 0 Å². The Morgan fingerprint density at radius 2 is 1.91 bits per heavy atom. The second-order valence-electron chi connectivity index (χ2n) is 8.44. The van der Waals surface area contributed by atoms with E-state index >= 15 is 0 Å². The first-order chi connectivity index (χ1) is 16.6. The van der Waals surface area contributed by atoms with Gasteiger partial charge in [0.2, 0.25) is 5.82 Å². The summed E-state index contributed by atoms with van der Waals surface area (Å²) in [5, 5.41) is 13.7. The highest BCUT2D eigenvalue weighted by Crippen LogP contribution is 2.30. The fraction of sp³-hybridized carbons (Fsp3) is 0.385. The summed E-state index contributed by atoms with van der Waals surface area (Å²) in [4.78, 5) is 18.0. The van der Waals surface area contributed by atoms with Crippen molar-refractivity contribution in [1.82, 2.24) is 15.0 Å². The standard InChI is InChI=1S/C26H28N4O4/c1-3-32-24(31)17-30(2)16-18-8-10-19(11-9-18)25-28-26(34-29-25)20-12-13-23(21(14-20)15-27)33-22-6-4-5-7-22/h8-14,22H,3-7,16-17H2,1-2H3. The Morgan fingerprint density at radius 1 is 1.18 bits per heavy atom. The fourth-order valence-corrected chi connectivity index (χ4v) is 4.05. The van der Waals surface area contributed by atoms with Crippen LogP contribution in [0.3, 0.4) is 0 Å². The van der Waals surface area contributed by atoms with Crippen LogP contribution in [0.25, 0.3) is 22.8 Å². The molecule has 0 spiro atoms. The van der Waals surface area contributed by atoms with E-state index in [-0.39, 0.29) is 18.6 Å². The van der Waals surface area contributed by atoms with Crippen molar-refractivity contribution in [3.8, 4) is 34.7 Å². The summed E-state index contributed by atoms with van der Waals surface area (Å²) in [5.41, 5.74) is 3.00. The van der Waals surface area contributed by atoms with Gasteiger partial charge in [-0.1, -0.05) is 29.4 Å². The number of carbonyl (C=O) groups is 1. The Morgan fingerprint density at radius 3 is 2.62 bits per heavy atom. The third-order valence-corrected chi connectivity index (χ3v) is 5.74. The summed E-state index contributed by atoms with van der Waals surface area (Å²) in [5.74, 6) is 1.17. The number of hydrogen-bond acceptors (Lipinski definition) is 8. The van der Waals surface area contributed by atoms with Crippen LogP contribution in [0.4, 0.5) is 0 Å². The van der Waals surface area contributed by atoms with E-state index in [1.807, 2.05) is 42.3 Å². The van der Waals surface area contributed by atoms with Crippen LogP contribution in [0.15, 0.2) is 47.0 Å². The molecule has 176 valence electrons. The molecule has 3 aromatic rings. The predicted molar refractivity (Wildman–Crippen MR) is 126 cm³/mol. The van der Waals surface area contributed by atoms with Crippen molar-refractivity contribution >= 4 is 5.97 Å². The third kappa shape index (κ3) is 5.80. The average molecular weight is 461 g/mol. The normalized spacial score (nSPS) is 13.7. The molecule has 0 unspecified atom stereocenters. The number of carbonyl (C=O) groups excluding carboxylic acids is 1. The molecule has 1 aliphatic rings. The number of rotatable bonds is 9. The largest absolute Gasteiger partial charge is 0.489 e. The van der Waals surface area contributed by atoms with Gasteiger partial charge in [-0.2, -0.15) is 10.2 Å². The summed E-state index contributed by atoms with van der Waals surface area (Å²) in [7, 11) is 1.87. The van der Waals surface area contributed by atoms with Gasteiger partial charge in [0, 0.05) is 17.7 Å². The molecule has 0 aliphatic heterocycles. The number of nitrogens with zero attached hydrogens (tertiary/aromatic N) is 4. The van der Waals surface area contributed by atoms with Gasteiger partial charge in [-0.3, -0.25) is 9.69 Å². The van der Waals surface area contributed by atoms with Crippen LogP contribution >= 0.6 is 0 Å². The quantitative estimate of drug-likeness (QED) is 0.427. The van der Waals surface area contributed by atoms with Crippen LogP contribution in [0.1, 0.15) is 43.7 Å². The zero-order chi connectivity index (χ0) is 23.9. The van der Waals surface area contributed by atoms with Gasteiger partial charge in [-0.15, -0.1) is 0 Å². The first kappa shape index (κ1) is 23.5. The number of ether oxygens (including phenoxy) is 2. The predicted octanol–water partition coefficient (Wildman–Crippen LogP) is 4.59. The molecule has 1 heterocycles. The molecule has 8 nitrogen and oxygen atoms in total. The Balaban J connectivity index is 1.43. The van der Waals surface area contributed by atoms with E-state index in [0.717, 1.165) is 24.0 Å². The van der Waals surface area contributed by atoms with Crippen molar-refractivity contribution in [3.05, 3.63) is 53.6 Å². The third-order valence-electron chi connectivity index (χ3n) is 5.74. The summed E-state index contributed by atoms with van der Waals surface area (Å²) in [6.45, 7) is 3.02. The number of aromatic nitrogens is 2. The maximum atomic E-state index is 11.6. The Labute approximate surface area is 199 Å². The van der Waals surface area contributed by atoms with Gasteiger partial charge in [0.25, 0.3) is 5.89 Å². The number of nitriles is 1. The van der Waals surface area contributed by atoms with E-state index in [1.165, 1.54) is 12.8 Å². The molecule has 1 saturated carbocycles. The highest BCUT2D eigenvalue weighted by atomic mass is 16.5. The molecule has 0 amide bonds. The van der Waals surface area contributed by atoms with Gasteiger partial charge in [-0.05, 0) is 63.4 Å². The minimum Gasteiger partial charge on any atom is -0.489 e. The minimum absolute atomic E-state index is 0.181. The summed E-state index contributed by atoms with van der Waals surface area (Å²) < 4.78 is 16.5. The molecule has 1 aliphatic carbocycles. The van der Waals surface area contributed by atoms with Crippen LogP contribution in [-0.2, 0) is 16.1 Å². The molecule has 0 radical (unpaired) electrons. The van der Waals surface area contributed by atoms with Crippen LogP contribution in [0.2, 0.25) is 0 Å². The lowest BCUT2D eigenvalue weighted by molar-refractivity contribution is -0.144. The van der Waals surface area contributed by atoms with Crippen LogP contribution in [0, 0.1) is 11.3 Å². The number of likely N-dealkylation sites (N-methyl/N-ethyl adjacent to an activating group) is 1. The van der Waals surface area contributed by atoms with Gasteiger partial charge in [0.1, 0.15) is 11.8 Å². The molecule has 0 atom stereocenters. The minimum atomic E-state index is -0.237. The van der Waals surface area contributed by atoms with Crippen LogP contribution < -0.4 is 4.74 Å². The lowest BCUT2D eigenvalue weighted by Crippen LogP contribution is -2.26. The molecule has 0 N–H and O–H groups in total. The molecule has 0 bridgehead atoms. The van der Waals surface area contributed by atoms with Crippen molar-refractivity contribution in [2.24, 2.45) is 0 Å². The highest BCUT2D eigenvalue weighted by Gasteiger charge is 2.19. The molecule has 34 heavy (non-hydrogen) atoms. The summed E-state index contributed by atoms with van der Waals surface area (Å²) >= 11 is 0. The van der Waals surface area contributed by atoms with E-state index in [1.54, 1.807) is 19.1 Å².